The number of aryl methyl sites for hydroxylation is 2. The Morgan fingerprint density at radius 2 is 2.00 bits per heavy atom. The maximum absolute atomic E-state index is 12.5. The van der Waals surface area contributed by atoms with Crippen molar-refractivity contribution < 1.29 is 13.2 Å². The van der Waals surface area contributed by atoms with Gasteiger partial charge in [-0.05, 0) is 48.0 Å². The molecule has 2 heterocycles. The average Bonchev–Trinajstić information content (AvgIpc) is 3.00. The van der Waals surface area contributed by atoms with Crippen LogP contribution in [0.1, 0.15) is 21.9 Å². The lowest BCUT2D eigenvalue weighted by Crippen LogP contribution is -2.18. The largest absolute Gasteiger partial charge is 0.321 e. The molecule has 0 radical (unpaired) electrons. The maximum atomic E-state index is 12.5. The predicted molar refractivity (Wildman–Crippen MR) is 91.7 cm³/mol. The van der Waals surface area contributed by atoms with Gasteiger partial charge in [0.15, 0.2) is 5.82 Å². The van der Waals surface area contributed by atoms with E-state index < -0.39 is 20.9 Å². The van der Waals surface area contributed by atoms with Crippen LogP contribution in [-0.4, -0.2) is 50.8 Å². The summed E-state index contributed by atoms with van der Waals surface area (Å²) in [4.78, 5) is 20.2. The van der Waals surface area contributed by atoms with E-state index in [1.165, 1.54) is 10.9 Å². The third-order valence-corrected chi connectivity index (χ3v) is 4.33. The third kappa shape index (κ3) is 3.57. The van der Waals surface area contributed by atoms with Crippen molar-refractivity contribution in [1.29, 1.82) is 0 Å². The number of carbonyl (C=O) groups excluding carboxylic acids is 1. The van der Waals surface area contributed by atoms with Gasteiger partial charge >= 0.3 is 0 Å². The highest BCUT2D eigenvalue weighted by Crippen LogP contribution is 2.16. The molecule has 3 rings (SSSR count). The number of amides is 1. The summed E-state index contributed by atoms with van der Waals surface area (Å²) < 4.78 is 24.7. The normalized spacial score (nSPS) is 11.3. The van der Waals surface area contributed by atoms with E-state index in [0.717, 1.165) is 6.26 Å². The maximum Gasteiger partial charge on any atom is 0.274 e. The molecule has 0 atom stereocenters. The zero-order chi connectivity index (χ0) is 18.9. The minimum atomic E-state index is -3.62. The molecule has 0 unspecified atom stereocenters. The van der Waals surface area contributed by atoms with Crippen molar-refractivity contribution in [3.8, 4) is 5.69 Å². The minimum absolute atomic E-state index is 0.00979. The molecule has 0 saturated carbocycles. The molecule has 11 heteroatoms. The number of carbonyl (C=O) groups is 1. The standard InChI is InChI=1S/C15H15N7O3S/c1-9-8-16-15(26(3,24)25)18-13(9)14(23)17-11-5-4-6-12(7-11)22-10(2)19-20-21-22/h4-8H,1-3H3,(H,17,23). The monoisotopic (exact) mass is 373 g/mol. The fourth-order valence-corrected chi connectivity index (χ4v) is 2.71. The fraction of sp³-hybridized carbons (Fsp3) is 0.200. The Morgan fingerprint density at radius 1 is 1.23 bits per heavy atom. The number of hydrogen-bond acceptors (Lipinski definition) is 8. The zero-order valence-electron chi connectivity index (χ0n) is 14.2. The van der Waals surface area contributed by atoms with Gasteiger partial charge in [0.2, 0.25) is 15.0 Å². The number of hydrogen-bond donors (Lipinski definition) is 1. The highest BCUT2D eigenvalue weighted by atomic mass is 32.2. The summed E-state index contributed by atoms with van der Waals surface area (Å²) in [6, 6.07) is 6.90. The smallest absolute Gasteiger partial charge is 0.274 e. The van der Waals surface area contributed by atoms with Gasteiger partial charge in [0.05, 0.1) is 5.69 Å². The molecular formula is C15H15N7O3S. The van der Waals surface area contributed by atoms with Crippen molar-refractivity contribution >= 4 is 21.4 Å². The van der Waals surface area contributed by atoms with E-state index in [1.807, 2.05) is 0 Å². The van der Waals surface area contributed by atoms with Crippen molar-refractivity contribution in [2.24, 2.45) is 0 Å². The second-order valence-electron chi connectivity index (χ2n) is 5.60. The average molecular weight is 373 g/mol. The van der Waals surface area contributed by atoms with E-state index in [2.05, 4.69) is 30.8 Å². The molecule has 1 N–H and O–H groups in total. The first-order valence-corrected chi connectivity index (χ1v) is 9.35. The van der Waals surface area contributed by atoms with Gasteiger partial charge in [0, 0.05) is 18.1 Å². The van der Waals surface area contributed by atoms with Gasteiger partial charge in [-0.15, -0.1) is 5.10 Å². The van der Waals surface area contributed by atoms with Gasteiger partial charge in [-0.2, -0.15) is 4.68 Å². The topological polar surface area (TPSA) is 133 Å². The summed E-state index contributed by atoms with van der Waals surface area (Å²) in [7, 11) is -3.62. The van der Waals surface area contributed by atoms with Crippen molar-refractivity contribution in [1.82, 2.24) is 30.2 Å². The lowest BCUT2D eigenvalue weighted by Gasteiger charge is -2.09. The number of tetrazole rings is 1. The number of sulfone groups is 1. The Balaban J connectivity index is 1.91. The first kappa shape index (κ1) is 17.6. The van der Waals surface area contributed by atoms with Gasteiger partial charge in [-0.1, -0.05) is 6.07 Å². The van der Waals surface area contributed by atoms with Crippen LogP contribution in [0.3, 0.4) is 0 Å². The van der Waals surface area contributed by atoms with Crippen LogP contribution in [0.4, 0.5) is 5.69 Å². The van der Waals surface area contributed by atoms with Gasteiger partial charge in [-0.25, -0.2) is 18.4 Å². The quantitative estimate of drug-likeness (QED) is 0.662. The molecule has 26 heavy (non-hydrogen) atoms. The van der Waals surface area contributed by atoms with Crippen LogP contribution >= 0.6 is 0 Å². The van der Waals surface area contributed by atoms with Gasteiger partial charge < -0.3 is 5.32 Å². The van der Waals surface area contributed by atoms with Gasteiger partial charge in [-0.3, -0.25) is 4.79 Å². The summed E-state index contributed by atoms with van der Waals surface area (Å²) >= 11 is 0. The van der Waals surface area contributed by atoms with Gasteiger partial charge in [0.25, 0.3) is 5.91 Å². The zero-order valence-corrected chi connectivity index (χ0v) is 15.0. The molecule has 2 aromatic heterocycles. The Bertz CT molecular complexity index is 1090. The van der Waals surface area contributed by atoms with Crippen molar-refractivity contribution in [2.45, 2.75) is 19.0 Å². The molecule has 0 fully saturated rings. The fourth-order valence-electron chi connectivity index (χ4n) is 2.21. The Labute approximate surface area is 149 Å². The van der Waals surface area contributed by atoms with Crippen LogP contribution in [0, 0.1) is 13.8 Å². The summed E-state index contributed by atoms with van der Waals surface area (Å²) in [6.45, 7) is 3.38. The molecule has 0 bridgehead atoms. The van der Waals surface area contributed by atoms with E-state index in [0.29, 0.717) is 22.8 Å². The molecule has 0 aliphatic rings. The van der Waals surface area contributed by atoms with Crippen LogP contribution < -0.4 is 5.32 Å². The van der Waals surface area contributed by atoms with Crippen LogP contribution in [0.25, 0.3) is 5.69 Å². The SMILES string of the molecule is Cc1cnc(S(C)(=O)=O)nc1C(=O)Nc1cccc(-n2nnnc2C)c1. The molecule has 0 saturated heterocycles. The van der Waals surface area contributed by atoms with Crippen LogP contribution in [-0.2, 0) is 9.84 Å². The first-order valence-electron chi connectivity index (χ1n) is 7.46. The molecule has 10 nitrogen and oxygen atoms in total. The second-order valence-corrected chi connectivity index (χ2v) is 7.51. The Kier molecular flexibility index (Phi) is 4.47. The molecule has 1 aromatic carbocycles. The molecule has 134 valence electrons. The predicted octanol–water partition coefficient (Wildman–Crippen LogP) is 0.725. The second kappa shape index (κ2) is 6.59. The Morgan fingerprint density at radius 3 is 2.65 bits per heavy atom. The summed E-state index contributed by atoms with van der Waals surface area (Å²) in [6.07, 6.45) is 2.29. The first-order chi connectivity index (χ1) is 12.3. The number of nitrogens with one attached hydrogen (secondary N) is 1. The van der Waals surface area contributed by atoms with Gasteiger partial charge in [0.1, 0.15) is 5.69 Å². The summed E-state index contributed by atoms with van der Waals surface area (Å²) in [5, 5.41) is 13.6. The molecule has 0 spiro atoms. The summed E-state index contributed by atoms with van der Waals surface area (Å²) in [5.74, 6) is 0.0540. The lowest BCUT2D eigenvalue weighted by atomic mass is 10.2. The van der Waals surface area contributed by atoms with Crippen LogP contribution in [0.15, 0.2) is 35.6 Å². The Hall–Kier alpha value is -3.21. The van der Waals surface area contributed by atoms with E-state index in [-0.39, 0.29) is 5.69 Å². The molecular weight excluding hydrogens is 358 g/mol. The third-order valence-electron chi connectivity index (χ3n) is 3.47. The molecule has 3 aromatic rings. The molecule has 1 amide bonds. The van der Waals surface area contributed by atoms with E-state index >= 15 is 0 Å². The van der Waals surface area contributed by atoms with Crippen LogP contribution in [0.5, 0.6) is 0 Å². The minimum Gasteiger partial charge on any atom is -0.321 e. The van der Waals surface area contributed by atoms with E-state index in [9.17, 15) is 13.2 Å². The molecule has 0 aliphatic heterocycles. The van der Waals surface area contributed by atoms with Crippen molar-refractivity contribution in [3.63, 3.8) is 0 Å². The van der Waals surface area contributed by atoms with E-state index in [1.54, 1.807) is 38.1 Å². The highest BCUT2D eigenvalue weighted by Gasteiger charge is 2.18. The summed E-state index contributed by atoms with van der Waals surface area (Å²) in [5.41, 5.74) is 1.61. The number of nitrogens with zero attached hydrogens (tertiary/aromatic N) is 6. The number of aromatic nitrogens is 6. The number of anilines is 1. The number of benzene rings is 1. The van der Waals surface area contributed by atoms with Crippen molar-refractivity contribution in [3.05, 3.63) is 47.5 Å². The lowest BCUT2D eigenvalue weighted by molar-refractivity contribution is 0.102. The highest BCUT2D eigenvalue weighted by molar-refractivity contribution is 7.90. The van der Waals surface area contributed by atoms with Crippen LogP contribution in [0.2, 0.25) is 0 Å². The molecule has 0 aliphatic carbocycles. The number of rotatable bonds is 4. The van der Waals surface area contributed by atoms with E-state index in [4.69, 9.17) is 0 Å². The van der Waals surface area contributed by atoms with Crippen molar-refractivity contribution in [2.75, 3.05) is 11.6 Å².